The summed E-state index contributed by atoms with van der Waals surface area (Å²) in [7, 11) is 1.72. The molecule has 162 valence electrons. The molecule has 4 heterocycles. The molecule has 0 radical (unpaired) electrons. The molecular formula is C23H28N6O2. The van der Waals surface area contributed by atoms with E-state index < -0.39 is 0 Å². The van der Waals surface area contributed by atoms with Crippen molar-refractivity contribution in [2.45, 2.75) is 18.9 Å². The molecule has 2 fully saturated rings. The molecule has 31 heavy (non-hydrogen) atoms. The Morgan fingerprint density at radius 1 is 1.19 bits per heavy atom. The summed E-state index contributed by atoms with van der Waals surface area (Å²) in [6.45, 7) is 5.24. The highest BCUT2D eigenvalue weighted by atomic mass is 16.5. The minimum Gasteiger partial charge on any atom is -0.378 e. The molecule has 0 saturated carbocycles. The predicted octanol–water partition coefficient (Wildman–Crippen LogP) is 2.00. The third-order valence-electron chi connectivity index (χ3n) is 6.08. The van der Waals surface area contributed by atoms with Crippen molar-refractivity contribution in [3.63, 3.8) is 0 Å². The Hall–Kier alpha value is -2.97. The third kappa shape index (κ3) is 4.13. The summed E-state index contributed by atoms with van der Waals surface area (Å²) >= 11 is 0. The van der Waals surface area contributed by atoms with E-state index in [2.05, 4.69) is 44.8 Å². The van der Waals surface area contributed by atoms with Gasteiger partial charge in [0.1, 0.15) is 11.2 Å². The van der Waals surface area contributed by atoms with E-state index in [9.17, 15) is 4.79 Å². The average molecular weight is 421 g/mol. The van der Waals surface area contributed by atoms with Gasteiger partial charge in [0.2, 0.25) is 0 Å². The number of benzene rings is 1. The number of anilines is 2. The van der Waals surface area contributed by atoms with E-state index in [1.54, 1.807) is 13.4 Å². The lowest BCUT2D eigenvalue weighted by atomic mass is 10.1. The van der Waals surface area contributed by atoms with Gasteiger partial charge in [-0.25, -0.2) is 9.97 Å². The second-order valence-corrected chi connectivity index (χ2v) is 8.24. The van der Waals surface area contributed by atoms with Crippen molar-refractivity contribution in [1.29, 1.82) is 0 Å². The summed E-state index contributed by atoms with van der Waals surface area (Å²) < 4.78 is 6.96. The summed E-state index contributed by atoms with van der Waals surface area (Å²) in [5, 5.41) is 7.47. The fourth-order valence-corrected chi connectivity index (χ4v) is 4.31. The molecule has 3 aromatic rings. The molecule has 1 atom stereocenters. The van der Waals surface area contributed by atoms with Crippen LogP contribution in [-0.2, 0) is 11.8 Å². The number of hydrogen-bond acceptors (Lipinski definition) is 7. The highest BCUT2D eigenvalue weighted by molar-refractivity contribution is 5.91. The van der Waals surface area contributed by atoms with E-state index in [1.807, 2.05) is 6.07 Å². The largest absolute Gasteiger partial charge is 0.378 e. The number of nitrogens with zero attached hydrogens (tertiary/aromatic N) is 4. The Morgan fingerprint density at radius 3 is 2.74 bits per heavy atom. The molecule has 2 N–H and O–H groups in total. The number of hydrogen-bond donors (Lipinski definition) is 2. The van der Waals surface area contributed by atoms with Crippen LogP contribution in [-0.4, -0.2) is 60.0 Å². The van der Waals surface area contributed by atoms with Gasteiger partial charge in [-0.3, -0.25) is 4.79 Å². The molecule has 2 aliphatic heterocycles. The molecule has 0 bridgehead atoms. The Bertz CT molecular complexity index is 1120. The van der Waals surface area contributed by atoms with Gasteiger partial charge in [0, 0.05) is 44.0 Å². The lowest BCUT2D eigenvalue weighted by molar-refractivity contribution is 0.122. The van der Waals surface area contributed by atoms with Crippen LogP contribution in [0.5, 0.6) is 0 Å². The molecule has 2 saturated heterocycles. The maximum Gasteiger partial charge on any atom is 0.264 e. The zero-order chi connectivity index (χ0) is 21.2. The van der Waals surface area contributed by atoms with Gasteiger partial charge in [0.25, 0.3) is 5.56 Å². The summed E-state index contributed by atoms with van der Waals surface area (Å²) in [4.78, 5) is 24.6. The first kappa shape index (κ1) is 20.0. The fourth-order valence-electron chi connectivity index (χ4n) is 4.31. The molecular weight excluding hydrogens is 392 g/mol. The highest BCUT2D eigenvalue weighted by Gasteiger charge is 2.19. The SMILES string of the molecule is Cn1cnc2cc(-c3ccc(N4CCOCC4)cc3)nc(NC3CCCNC3)c2c1=O. The van der Waals surface area contributed by atoms with Crippen molar-refractivity contribution in [3.05, 3.63) is 47.0 Å². The van der Waals surface area contributed by atoms with Gasteiger partial charge in [0.15, 0.2) is 0 Å². The first-order valence-electron chi connectivity index (χ1n) is 11.0. The van der Waals surface area contributed by atoms with Crippen LogP contribution in [0.1, 0.15) is 12.8 Å². The van der Waals surface area contributed by atoms with Crippen molar-refractivity contribution in [1.82, 2.24) is 19.9 Å². The standard InChI is InChI=1S/C23H28N6O2/c1-28-15-25-20-13-19(16-4-6-18(7-5-16)29-9-11-31-12-10-29)27-22(21(20)23(28)30)26-17-3-2-8-24-14-17/h4-7,13,15,17,24H,2-3,8-12,14H2,1H3,(H,26,27). The fraction of sp³-hybridized carbons (Fsp3) is 0.435. The zero-order valence-electron chi connectivity index (χ0n) is 17.8. The number of ether oxygens (including phenoxy) is 1. The van der Waals surface area contributed by atoms with Crippen LogP contribution in [0.2, 0.25) is 0 Å². The van der Waals surface area contributed by atoms with Gasteiger partial charge in [-0.2, -0.15) is 0 Å². The van der Waals surface area contributed by atoms with Gasteiger partial charge < -0.3 is 24.8 Å². The molecule has 0 amide bonds. The molecule has 1 unspecified atom stereocenters. The summed E-state index contributed by atoms with van der Waals surface area (Å²) in [6.07, 6.45) is 3.73. The average Bonchev–Trinajstić information content (AvgIpc) is 2.82. The van der Waals surface area contributed by atoms with Crippen molar-refractivity contribution in [3.8, 4) is 11.3 Å². The molecule has 8 heteroatoms. The van der Waals surface area contributed by atoms with Gasteiger partial charge in [-0.15, -0.1) is 0 Å². The van der Waals surface area contributed by atoms with Gasteiger partial charge in [-0.1, -0.05) is 12.1 Å². The third-order valence-corrected chi connectivity index (χ3v) is 6.08. The molecule has 0 spiro atoms. The number of aromatic nitrogens is 3. The van der Waals surface area contributed by atoms with Crippen LogP contribution >= 0.6 is 0 Å². The van der Waals surface area contributed by atoms with Crippen LogP contribution in [0.3, 0.4) is 0 Å². The first-order chi connectivity index (χ1) is 15.2. The monoisotopic (exact) mass is 420 g/mol. The molecule has 5 rings (SSSR count). The van der Waals surface area contributed by atoms with Crippen molar-refractivity contribution < 1.29 is 4.74 Å². The van der Waals surface area contributed by atoms with Gasteiger partial charge in [0.05, 0.1) is 30.8 Å². The summed E-state index contributed by atoms with van der Waals surface area (Å²) in [5.74, 6) is 0.618. The topological polar surface area (TPSA) is 84.3 Å². The number of fused-ring (bicyclic) bond motifs is 1. The second kappa shape index (κ2) is 8.64. The van der Waals surface area contributed by atoms with Crippen molar-refractivity contribution in [2.24, 2.45) is 7.05 Å². The Balaban J connectivity index is 1.52. The molecule has 0 aliphatic carbocycles. The molecule has 2 aliphatic rings. The normalized spacial score (nSPS) is 19.5. The maximum atomic E-state index is 12.9. The predicted molar refractivity (Wildman–Crippen MR) is 123 cm³/mol. The van der Waals surface area contributed by atoms with Gasteiger partial charge in [-0.05, 0) is 37.6 Å². The van der Waals surface area contributed by atoms with E-state index in [-0.39, 0.29) is 11.6 Å². The number of aryl methyl sites for hydroxylation is 1. The van der Waals surface area contributed by atoms with E-state index in [0.29, 0.717) is 16.7 Å². The van der Waals surface area contributed by atoms with E-state index in [4.69, 9.17) is 9.72 Å². The van der Waals surface area contributed by atoms with E-state index >= 15 is 0 Å². The summed E-state index contributed by atoms with van der Waals surface area (Å²) in [6, 6.07) is 10.6. The molecule has 8 nitrogen and oxygen atoms in total. The Labute approximate surface area is 181 Å². The number of piperidine rings is 1. The lowest BCUT2D eigenvalue weighted by Gasteiger charge is -2.29. The zero-order valence-corrected chi connectivity index (χ0v) is 17.8. The Morgan fingerprint density at radius 2 is 2.00 bits per heavy atom. The van der Waals surface area contributed by atoms with Crippen LogP contribution < -0.4 is 21.1 Å². The molecule has 2 aromatic heterocycles. The van der Waals surface area contributed by atoms with Crippen LogP contribution in [0, 0.1) is 0 Å². The second-order valence-electron chi connectivity index (χ2n) is 8.24. The smallest absolute Gasteiger partial charge is 0.264 e. The van der Waals surface area contributed by atoms with Gasteiger partial charge >= 0.3 is 0 Å². The van der Waals surface area contributed by atoms with Crippen molar-refractivity contribution >= 4 is 22.4 Å². The first-order valence-corrected chi connectivity index (χ1v) is 11.0. The van der Waals surface area contributed by atoms with Crippen LogP contribution in [0.25, 0.3) is 22.2 Å². The van der Waals surface area contributed by atoms with E-state index in [0.717, 1.165) is 63.5 Å². The molecule has 1 aromatic carbocycles. The summed E-state index contributed by atoms with van der Waals surface area (Å²) in [5.41, 5.74) is 3.58. The minimum atomic E-state index is -0.0852. The highest BCUT2D eigenvalue weighted by Crippen LogP contribution is 2.28. The number of pyridine rings is 1. The Kier molecular flexibility index (Phi) is 5.57. The number of nitrogens with one attached hydrogen (secondary N) is 2. The van der Waals surface area contributed by atoms with Crippen molar-refractivity contribution in [2.75, 3.05) is 49.6 Å². The maximum absolute atomic E-state index is 12.9. The quantitative estimate of drug-likeness (QED) is 0.668. The van der Waals surface area contributed by atoms with Crippen LogP contribution in [0.4, 0.5) is 11.5 Å². The lowest BCUT2D eigenvalue weighted by Crippen LogP contribution is -2.39. The number of rotatable bonds is 4. The van der Waals surface area contributed by atoms with Crippen LogP contribution in [0.15, 0.2) is 41.5 Å². The van der Waals surface area contributed by atoms with E-state index in [1.165, 1.54) is 10.3 Å². The minimum absolute atomic E-state index is 0.0852. The number of morpholine rings is 1.